The third kappa shape index (κ3) is 1.88. The molecule has 0 bridgehead atoms. The van der Waals surface area contributed by atoms with Gasteiger partial charge in [0.1, 0.15) is 0 Å². The summed E-state index contributed by atoms with van der Waals surface area (Å²) in [6, 6.07) is 6.33. The van der Waals surface area contributed by atoms with E-state index in [1.54, 1.807) is 11.3 Å². The van der Waals surface area contributed by atoms with Crippen molar-refractivity contribution < 1.29 is 0 Å². The average Bonchev–Trinajstić information content (AvgIpc) is 2.73. The highest BCUT2D eigenvalue weighted by Gasteiger charge is 2.15. The predicted octanol–water partition coefficient (Wildman–Crippen LogP) is 4.75. The summed E-state index contributed by atoms with van der Waals surface area (Å²) in [4.78, 5) is 3.89. The number of thiophene rings is 2. The zero-order valence-corrected chi connectivity index (χ0v) is 10.5. The van der Waals surface area contributed by atoms with Gasteiger partial charge in [-0.25, -0.2) is 0 Å². The maximum Gasteiger partial charge on any atom is 0.0938 e. The Labute approximate surface area is 97.2 Å². The van der Waals surface area contributed by atoms with E-state index in [1.807, 2.05) is 17.4 Å². The standard InChI is InChI=1S/C11H11ClS2/c1-7-6-9(8(2)14-7)11(12)10-4-3-5-13-10/h3-6,11H,1-2H3. The van der Waals surface area contributed by atoms with Crippen LogP contribution in [0.4, 0.5) is 0 Å². The van der Waals surface area contributed by atoms with Crippen molar-refractivity contribution in [3.63, 3.8) is 0 Å². The molecule has 0 spiro atoms. The van der Waals surface area contributed by atoms with E-state index in [1.165, 1.54) is 20.2 Å². The molecule has 3 heteroatoms. The Morgan fingerprint density at radius 2 is 2.14 bits per heavy atom. The molecule has 0 aliphatic rings. The number of alkyl halides is 1. The van der Waals surface area contributed by atoms with E-state index >= 15 is 0 Å². The zero-order chi connectivity index (χ0) is 10.1. The van der Waals surface area contributed by atoms with Gasteiger partial charge >= 0.3 is 0 Å². The van der Waals surface area contributed by atoms with Crippen molar-refractivity contribution in [2.24, 2.45) is 0 Å². The van der Waals surface area contributed by atoms with Gasteiger partial charge in [0.15, 0.2) is 0 Å². The van der Waals surface area contributed by atoms with Crippen LogP contribution < -0.4 is 0 Å². The molecule has 0 aliphatic carbocycles. The molecule has 2 aromatic rings. The van der Waals surface area contributed by atoms with Gasteiger partial charge in [-0.2, -0.15) is 0 Å². The molecule has 0 aromatic carbocycles. The smallest absolute Gasteiger partial charge is 0.0938 e. The summed E-state index contributed by atoms with van der Waals surface area (Å²) >= 11 is 9.94. The Morgan fingerprint density at radius 1 is 1.36 bits per heavy atom. The third-order valence-corrected chi connectivity index (χ3v) is 4.66. The summed E-state index contributed by atoms with van der Waals surface area (Å²) in [6.07, 6.45) is 0. The molecule has 2 rings (SSSR count). The minimum Gasteiger partial charge on any atom is -0.147 e. The van der Waals surface area contributed by atoms with Crippen molar-refractivity contribution in [2.45, 2.75) is 19.2 Å². The van der Waals surface area contributed by atoms with Gasteiger partial charge < -0.3 is 0 Å². The minimum atomic E-state index is 0.0277. The van der Waals surface area contributed by atoms with Gasteiger partial charge in [-0.05, 0) is 36.9 Å². The van der Waals surface area contributed by atoms with E-state index in [0.29, 0.717) is 0 Å². The highest BCUT2D eigenvalue weighted by molar-refractivity contribution is 7.12. The number of aryl methyl sites for hydroxylation is 2. The number of halogens is 1. The van der Waals surface area contributed by atoms with Gasteiger partial charge in [0.25, 0.3) is 0 Å². The summed E-state index contributed by atoms with van der Waals surface area (Å²) in [5.41, 5.74) is 1.26. The van der Waals surface area contributed by atoms with E-state index in [0.717, 1.165) is 0 Å². The lowest BCUT2D eigenvalue weighted by Crippen LogP contribution is -1.88. The molecular formula is C11H11ClS2. The topological polar surface area (TPSA) is 0 Å². The predicted molar refractivity (Wildman–Crippen MR) is 65.8 cm³/mol. The average molecular weight is 243 g/mol. The third-order valence-electron chi connectivity index (χ3n) is 2.15. The molecule has 1 atom stereocenters. The van der Waals surface area contributed by atoms with Crippen molar-refractivity contribution >= 4 is 34.3 Å². The van der Waals surface area contributed by atoms with Gasteiger partial charge in [0.05, 0.1) is 5.38 Å². The van der Waals surface area contributed by atoms with Crippen LogP contribution >= 0.6 is 34.3 Å². The maximum absolute atomic E-state index is 6.41. The summed E-state index contributed by atoms with van der Waals surface area (Å²) in [5, 5.41) is 2.10. The Morgan fingerprint density at radius 3 is 2.64 bits per heavy atom. The fraction of sp³-hybridized carbons (Fsp3) is 0.273. The van der Waals surface area contributed by atoms with Crippen LogP contribution in [-0.4, -0.2) is 0 Å². The Bertz CT molecular complexity index is 414. The van der Waals surface area contributed by atoms with Gasteiger partial charge in [-0.15, -0.1) is 34.3 Å². The highest BCUT2D eigenvalue weighted by Crippen LogP contribution is 2.36. The van der Waals surface area contributed by atoms with Crippen LogP contribution in [0.15, 0.2) is 23.6 Å². The lowest BCUT2D eigenvalue weighted by Gasteiger charge is -2.05. The monoisotopic (exact) mass is 242 g/mol. The van der Waals surface area contributed by atoms with Crippen molar-refractivity contribution in [2.75, 3.05) is 0 Å². The highest BCUT2D eigenvalue weighted by atomic mass is 35.5. The minimum absolute atomic E-state index is 0.0277. The van der Waals surface area contributed by atoms with E-state index in [2.05, 4.69) is 31.4 Å². The largest absolute Gasteiger partial charge is 0.147 e. The van der Waals surface area contributed by atoms with Crippen LogP contribution in [0.2, 0.25) is 0 Å². The molecular weight excluding hydrogens is 232 g/mol. The molecule has 2 aromatic heterocycles. The molecule has 0 fully saturated rings. The van der Waals surface area contributed by atoms with Crippen molar-refractivity contribution in [3.05, 3.63) is 43.8 Å². The van der Waals surface area contributed by atoms with Crippen LogP contribution in [0.25, 0.3) is 0 Å². The fourth-order valence-corrected chi connectivity index (χ4v) is 3.69. The Kier molecular flexibility index (Phi) is 2.96. The van der Waals surface area contributed by atoms with Crippen LogP contribution in [0, 0.1) is 13.8 Å². The lowest BCUT2D eigenvalue weighted by molar-refractivity contribution is 1.17. The molecule has 0 aliphatic heterocycles. The second-order valence-corrected chi connectivity index (χ2v) is 6.12. The summed E-state index contributed by atoms with van der Waals surface area (Å²) < 4.78 is 0. The number of hydrogen-bond donors (Lipinski definition) is 0. The first kappa shape index (κ1) is 10.2. The maximum atomic E-state index is 6.41. The van der Waals surface area contributed by atoms with Gasteiger partial charge in [0.2, 0.25) is 0 Å². The van der Waals surface area contributed by atoms with E-state index in [4.69, 9.17) is 11.6 Å². The molecule has 1 unspecified atom stereocenters. The molecule has 0 saturated heterocycles. The lowest BCUT2D eigenvalue weighted by atomic mass is 10.1. The van der Waals surface area contributed by atoms with Gasteiger partial charge in [0, 0.05) is 14.6 Å². The summed E-state index contributed by atoms with van der Waals surface area (Å²) in [5.74, 6) is 0. The molecule has 74 valence electrons. The van der Waals surface area contributed by atoms with Crippen molar-refractivity contribution in [1.29, 1.82) is 0 Å². The molecule has 0 radical (unpaired) electrons. The van der Waals surface area contributed by atoms with Gasteiger partial charge in [-0.1, -0.05) is 6.07 Å². The SMILES string of the molecule is Cc1cc(C(Cl)c2cccs2)c(C)s1. The normalized spacial score (nSPS) is 13.1. The van der Waals surface area contributed by atoms with Crippen molar-refractivity contribution in [3.8, 4) is 0 Å². The first-order valence-corrected chi connectivity index (χ1v) is 6.56. The van der Waals surface area contributed by atoms with Gasteiger partial charge in [-0.3, -0.25) is 0 Å². The molecule has 0 nitrogen and oxygen atoms in total. The summed E-state index contributed by atoms with van der Waals surface area (Å²) in [6.45, 7) is 4.26. The summed E-state index contributed by atoms with van der Waals surface area (Å²) in [7, 11) is 0. The Balaban J connectivity index is 2.36. The van der Waals surface area contributed by atoms with E-state index in [9.17, 15) is 0 Å². The van der Waals surface area contributed by atoms with Crippen molar-refractivity contribution in [1.82, 2.24) is 0 Å². The molecule has 0 N–H and O–H groups in total. The van der Waals surface area contributed by atoms with E-state index < -0.39 is 0 Å². The Hall–Kier alpha value is -0.310. The van der Waals surface area contributed by atoms with Crippen LogP contribution in [0.3, 0.4) is 0 Å². The molecule has 0 saturated carbocycles. The fourth-order valence-electron chi connectivity index (χ4n) is 1.49. The quantitative estimate of drug-likeness (QED) is 0.667. The first-order valence-electron chi connectivity index (χ1n) is 4.43. The zero-order valence-electron chi connectivity index (χ0n) is 8.08. The van der Waals surface area contributed by atoms with Crippen LogP contribution in [-0.2, 0) is 0 Å². The first-order chi connectivity index (χ1) is 6.68. The second-order valence-electron chi connectivity index (χ2n) is 3.25. The molecule has 14 heavy (non-hydrogen) atoms. The number of rotatable bonds is 2. The number of hydrogen-bond acceptors (Lipinski definition) is 2. The second kappa shape index (κ2) is 4.05. The van der Waals surface area contributed by atoms with Crippen LogP contribution in [0.1, 0.15) is 25.6 Å². The van der Waals surface area contributed by atoms with E-state index in [-0.39, 0.29) is 5.38 Å². The van der Waals surface area contributed by atoms with Crippen LogP contribution in [0.5, 0.6) is 0 Å². The molecule has 2 heterocycles. The molecule has 0 amide bonds.